The van der Waals surface area contributed by atoms with Gasteiger partial charge in [0.2, 0.25) is 0 Å². The first kappa shape index (κ1) is 12.7. The smallest absolute Gasteiger partial charge is 0.125 e. The van der Waals surface area contributed by atoms with Crippen molar-refractivity contribution in [3.05, 3.63) is 60.2 Å². The molecule has 1 aromatic carbocycles. The van der Waals surface area contributed by atoms with Crippen molar-refractivity contribution < 1.29 is 4.39 Å². The van der Waals surface area contributed by atoms with Gasteiger partial charge in [-0.1, -0.05) is 0 Å². The van der Waals surface area contributed by atoms with Crippen LogP contribution in [0.15, 0.2) is 48.8 Å². The van der Waals surface area contributed by atoms with Crippen LogP contribution in [-0.4, -0.2) is 9.97 Å². The summed E-state index contributed by atoms with van der Waals surface area (Å²) in [6.07, 6.45) is 3.44. The quantitative estimate of drug-likeness (QED) is 0.773. The molecule has 100 valence electrons. The van der Waals surface area contributed by atoms with Gasteiger partial charge in [-0.3, -0.25) is 4.98 Å². The zero-order chi connectivity index (χ0) is 14.1. The Labute approximate surface area is 116 Å². The van der Waals surface area contributed by atoms with Gasteiger partial charge in [0.15, 0.2) is 0 Å². The second-order valence-corrected chi connectivity index (χ2v) is 4.79. The van der Waals surface area contributed by atoms with E-state index < -0.39 is 0 Å². The van der Waals surface area contributed by atoms with Gasteiger partial charge in [0.05, 0.1) is 11.2 Å². The maximum absolute atomic E-state index is 13.4. The molecule has 0 aliphatic carbocycles. The van der Waals surface area contributed by atoms with Crippen LogP contribution in [0.1, 0.15) is 18.5 Å². The maximum Gasteiger partial charge on any atom is 0.125 e. The van der Waals surface area contributed by atoms with Crippen LogP contribution in [-0.2, 0) is 0 Å². The topological polar surface area (TPSA) is 51.8 Å². The Morgan fingerprint density at radius 2 is 2.05 bits per heavy atom. The molecule has 3 aromatic rings. The third kappa shape index (κ3) is 2.26. The van der Waals surface area contributed by atoms with Crippen LogP contribution in [0.25, 0.3) is 22.2 Å². The highest BCUT2D eigenvalue weighted by Gasteiger charge is 2.13. The molecule has 2 heterocycles. The zero-order valence-corrected chi connectivity index (χ0v) is 11.0. The van der Waals surface area contributed by atoms with Gasteiger partial charge in [0.1, 0.15) is 5.82 Å². The minimum atomic E-state index is -0.296. The van der Waals surface area contributed by atoms with E-state index in [4.69, 9.17) is 5.73 Å². The van der Waals surface area contributed by atoms with Gasteiger partial charge in [-0.05, 0) is 42.8 Å². The van der Waals surface area contributed by atoms with Crippen molar-refractivity contribution in [2.45, 2.75) is 13.0 Å². The third-order valence-electron chi connectivity index (χ3n) is 3.23. The normalized spacial score (nSPS) is 12.6. The number of halogens is 1. The van der Waals surface area contributed by atoms with E-state index >= 15 is 0 Å². The van der Waals surface area contributed by atoms with Crippen LogP contribution < -0.4 is 5.73 Å². The molecule has 0 spiro atoms. The molecule has 4 heteroatoms. The molecule has 0 saturated heterocycles. The lowest BCUT2D eigenvalue weighted by Crippen LogP contribution is -2.08. The molecule has 20 heavy (non-hydrogen) atoms. The predicted molar refractivity (Wildman–Crippen MR) is 77.5 cm³/mol. The standard InChI is InChI=1S/C16H14FN3/c1-10(18)14-7-11-4-5-13(17)8-15(11)20-16(14)12-3-2-6-19-9-12/h2-10H,18H2,1H3/t10-/m0/s1. The fourth-order valence-corrected chi connectivity index (χ4v) is 2.24. The van der Waals surface area contributed by atoms with Crippen LogP contribution in [0.5, 0.6) is 0 Å². The Morgan fingerprint density at radius 3 is 2.75 bits per heavy atom. The molecule has 0 radical (unpaired) electrons. The number of fused-ring (bicyclic) bond motifs is 1. The Kier molecular flexibility index (Phi) is 3.16. The molecular weight excluding hydrogens is 253 g/mol. The highest BCUT2D eigenvalue weighted by Crippen LogP contribution is 2.28. The molecule has 0 bridgehead atoms. The average Bonchev–Trinajstić information content (AvgIpc) is 2.46. The number of nitrogens with two attached hydrogens (primary N) is 1. The van der Waals surface area contributed by atoms with E-state index in [9.17, 15) is 4.39 Å². The molecule has 0 unspecified atom stereocenters. The first-order chi connectivity index (χ1) is 9.65. The van der Waals surface area contributed by atoms with Gasteiger partial charge in [0, 0.05) is 35.5 Å². The van der Waals surface area contributed by atoms with Gasteiger partial charge < -0.3 is 5.73 Å². The maximum atomic E-state index is 13.4. The van der Waals surface area contributed by atoms with Crippen molar-refractivity contribution in [3.63, 3.8) is 0 Å². The largest absolute Gasteiger partial charge is 0.324 e. The highest BCUT2D eigenvalue weighted by molar-refractivity contribution is 5.83. The molecule has 0 amide bonds. The molecule has 0 saturated carbocycles. The second-order valence-electron chi connectivity index (χ2n) is 4.79. The number of hydrogen-bond donors (Lipinski definition) is 1. The van der Waals surface area contributed by atoms with Gasteiger partial charge in [-0.2, -0.15) is 0 Å². The monoisotopic (exact) mass is 267 g/mol. The summed E-state index contributed by atoms with van der Waals surface area (Å²) in [7, 11) is 0. The summed E-state index contributed by atoms with van der Waals surface area (Å²) >= 11 is 0. The molecule has 3 nitrogen and oxygen atoms in total. The number of nitrogens with zero attached hydrogens (tertiary/aromatic N) is 2. The molecule has 0 aliphatic rings. The Balaban J connectivity index is 2.30. The molecule has 1 atom stereocenters. The number of benzene rings is 1. The average molecular weight is 267 g/mol. The van der Waals surface area contributed by atoms with E-state index in [1.165, 1.54) is 12.1 Å². The van der Waals surface area contributed by atoms with Crippen molar-refractivity contribution >= 4 is 10.9 Å². The Morgan fingerprint density at radius 1 is 1.20 bits per heavy atom. The van der Waals surface area contributed by atoms with E-state index in [0.717, 1.165) is 22.2 Å². The van der Waals surface area contributed by atoms with Crippen molar-refractivity contribution in [1.29, 1.82) is 0 Å². The number of aromatic nitrogens is 2. The van der Waals surface area contributed by atoms with Crippen molar-refractivity contribution in [2.75, 3.05) is 0 Å². The first-order valence-corrected chi connectivity index (χ1v) is 6.41. The van der Waals surface area contributed by atoms with Gasteiger partial charge >= 0.3 is 0 Å². The van der Waals surface area contributed by atoms with E-state index in [1.54, 1.807) is 18.5 Å². The summed E-state index contributed by atoms with van der Waals surface area (Å²) in [5.41, 5.74) is 9.22. The SMILES string of the molecule is C[C@H](N)c1cc2ccc(F)cc2nc1-c1cccnc1. The lowest BCUT2D eigenvalue weighted by Gasteiger charge is -2.13. The number of pyridine rings is 2. The summed E-state index contributed by atoms with van der Waals surface area (Å²) in [4.78, 5) is 8.67. The van der Waals surface area contributed by atoms with E-state index in [0.29, 0.717) is 5.52 Å². The first-order valence-electron chi connectivity index (χ1n) is 6.41. The van der Waals surface area contributed by atoms with Crippen molar-refractivity contribution in [3.8, 4) is 11.3 Å². The summed E-state index contributed by atoms with van der Waals surface area (Å²) in [6.45, 7) is 1.91. The van der Waals surface area contributed by atoms with E-state index in [2.05, 4.69) is 9.97 Å². The van der Waals surface area contributed by atoms with E-state index in [1.807, 2.05) is 25.1 Å². The predicted octanol–water partition coefficient (Wildman–Crippen LogP) is 3.46. The van der Waals surface area contributed by atoms with E-state index in [-0.39, 0.29) is 11.9 Å². The minimum Gasteiger partial charge on any atom is -0.324 e. The lowest BCUT2D eigenvalue weighted by molar-refractivity contribution is 0.629. The zero-order valence-electron chi connectivity index (χ0n) is 11.0. The summed E-state index contributed by atoms with van der Waals surface area (Å²) in [6, 6.07) is 10.2. The van der Waals surface area contributed by atoms with Crippen LogP contribution >= 0.6 is 0 Å². The fourth-order valence-electron chi connectivity index (χ4n) is 2.24. The van der Waals surface area contributed by atoms with Gasteiger partial charge in [0.25, 0.3) is 0 Å². The summed E-state index contributed by atoms with van der Waals surface area (Å²) in [5.74, 6) is -0.296. The number of rotatable bonds is 2. The fraction of sp³-hybridized carbons (Fsp3) is 0.125. The Bertz CT molecular complexity index is 754. The lowest BCUT2D eigenvalue weighted by atomic mass is 10.00. The van der Waals surface area contributed by atoms with Crippen LogP contribution in [0, 0.1) is 5.82 Å². The second kappa shape index (κ2) is 4.98. The molecule has 2 aromatic heterocycles. The molecule has 0 aliphatic heterocycles. The summed E-state index contributed by atoms with van der Waals surface area (Å²) in [5, 5.41) is 0.881. The molecule has 0 fully saturated rings. The van der Waals surface area contributed by atoms with Crippen LogP contribution in [0.4, 0.5) is 4.39 Å². The number of hydrogen-bond acceptors (Lipinski definition) is 3. The highest BCUT2D eigenvalue weighted by atomic mass is 19.1. The molecule has 3 rings (SSSR count). The van der Waals surface area contributed by atoms with Crippen LogP contribution in [0.2, 0.25) is 0 Å². The van der Waals surface area contributed by atoms with Crippen LogP contribution in [0.3, 0.4) is 0 Å². The van der Waals surface area contributed by atoms with Crippen molar-refractivity contribution in [2.24, 2.45) is 5.73 Å². The summed E-state index contributed by atoms with van der Waals surface area (Å²) < 4.78 is 13.4. The minimum absolute atomic E-state index is 0.160. The molecular formula is C16H14FN3. The van der Waals surface area contributed by atoms with Crippen molar-refractivity contribution in [1.82, 2.24) is 9.97 Å². The van der Waals surface area contributed by atoms with Gasteiger partial charge in [-0.25, -0.2) is 9.37 Å². The Hall–Kier alpha value is -2.33. The third-order valence-corrected chi connectivity index (χ3v) is 3.23. The van der Waals surface area contributed by atoms with Gasteiger partial charge in [-0.15, -0.1) is 0 Å². The molecule has 2 N–H and O–H groups in total.